The number of benzene rings is 2. The second-order valence-corrected chi connectivity index (χ2v) is 8.12. The molecule has 2 aromatic carbocycles. The average Bonchev–Trinajstić information content (AvgIpc) is 2.68. The van der Waals surface area contributed by atoms with Crippen LogP contribution in [0.1, 0.15) is 46.5 Å². The number of para-hydroxylation sites is 1. The van der Waals surface area contributed by atoms with Gasteiger partial charge in [-0.05, 0) is 61.3 Å². The van der Waals surface area contributed by atoms with Gasteiger partial charge in [-0.15, -0.1) is 0 Å². The minimum absolute atomic E-state index is 0.0217. The van der Waals surface area contributed by atoms with E-state index in [2.05, 4.69) is 45.9 Å². The highest BCUT2D eigenvalue weighted by molar-refractivity contribution is 9.10. The first kappa shape index (κ1) is 22.8. The molecule has 3 N–H and O–H groups in total. The monoisotopic (exact) mass is 477 g/mol. The molecule has 6 nitrogen and oxygen atoms in total. The fraction of sp³-hybridized carbons (Fsp3) is 0.286. The van der Waals surface area contributed by atoms with Crippen LogP contribution < -0.4 is 20.9 Å². The Morgan fingerprint density at radius 3 is 2.52 bits per heavy atom. The van der Waals surface area contributed by atoms with Crippen LogP contribution in [0.2, 0.25) is 0 Å². The summed E-state index contributed by atoms with van der Waals surface area (Å²) in [6.45, 7) is 6.66. The number of hydrogen-bond donors (Lipinski definition) is 3. The molecule has 0 bridgehead atoms. The molecule has 0 heterocycles. The van der Waals surface area contributed by atoms with Crippen LogP contribution in [0, 0.1) is 12.8 Å². The van der Waals surface area contributed by atoms with Crippen LogP contribution in [-0.4, -0.2) is 23.5 Å². The van der Waals surface area contributed by atoms with Crippen molar-refractivity contribution >= 4 is 45.1 Å². The molecule has 0 saturated carbocycles. The van der Waals surface area contributed by atoms with E-state index in [0.29, 0.717) is 29.4 Å². The number of rotatable bonds is 6. The molecule has 2 rings (SSSR count). The quantitative estimate of drug-likeness (QED) is 0.430. The number of halogens is 1. The summed E-state index contributed by atoms with van der Waals surface area (Å²) in [5, 5.41) is 2.52. The van der Waals surface area contributed by atoms with Crippen molar-refractivity contribution in [3.8, 4) is 5.75 Å². The van der Waals surface area contributed by atoms with Crippen LogP contribution in [0.4, 0.5) is 0 Å². The highest BCUT2D eigenvalue weighted by Crippen LogP contribution is 2.19. The Balaban J connectivity index is 1.91. The average molecular weight is 478 g/mol. The van der Waals surface area contributed by atoms with Gasteiger partial charge in [0, 0.05) is 10.0 Å². The number of carbonyl (C=O) groups is 2. The van der Waals surface area contributed by atoms with Crippen LogP contribution in [0.25, 0.3) is 0 Å². The van der Waals surface area contributed by atoms with Crippen molar-refractivity contribution in [2.45, 2.75) is 27.2 Å². The van der Waals surface area contributed by atoms with Gasteiger partial charge in [0.2, 0.25) is 0 Å². The molecule has 2 aromatic rings. The van der Waals surface area contributed by atoms with Gasteiger partial charge >= 0.3 is 0 Å². The molecule has 0 radical (unpaired) electrons. The summed E-state index contributed by atoms with van der Waals surface area (Å²) in [6.07, 6.45) is 0.886. The summed E-state index contributed by atoms with van der Waals surface area (Å²) in [6, 6.07) is 12.2. The second-order valence-electron chi connectivity index (χ2n) is 6.85. The maximum atomic E-state index is 12.5. The number of hydrogen-bond acceptors (Lipinski definition) is 4. The lowest BCUT2D eigenvalue weighted by molar-refractivity contribution is 0.0933. The van der Waals surface area contributed by atoms with E-state index in [1.807, 2.05) is 13.0 Å². The molecule has 0 atom stereocenters. The highest BCUT2D eigenvalue weighted by atomic mass is 79.9. The summed E-state index contributed by atoms with van der Waals surface area (Å²) in [4.78, 5) is 24.7. The number of ether oxygens (including phenoxy) is 1. The van der Waals surface area contributed by atoms with Crippen molar-refractivity contribution in [2.24, 2.45) is 5.92 Å². The zero-order chi connectivity index (χ0) is 21.4. The van der Waals surface area contributed by atoms with E-state index in [4.69, 9.17) is 17.0 Å². The molecule has 0 aliphatic rings. The van der Waals surface area contributed by atoms with Gasteiger partial charge in [0.05, 0.1) is 12.2 Å². The maximum Gasteiger partial charge on any atom is 0.269 e. The third-order valence-electron chi connectivity index (χ3n) is 4.04. The van der Waals surface area contributed by atoms with Gasteiger partial charge in [0.15, 0.2) is 5.11 Å². The van der Waals surface area contributed by atoms with Crippen LogP contribution in [0.3, 0.4) is 0 Å². The third-order valence-corrected chi connectivity index (χ3v) is 5.09. The summed E-state index contributed by atoms with van der Waals surface area (Å²) in [7, 11) is 0. The van der Waals surface area contributed by atoms with E-state index < -0.39 is 5.91 Å². The molecule has 0 spiro atoms. The summed E-state index contributed by atoms with van der Waals surface area (Å²) < 4.78 is 6.56. The Morgan fingerprint density at radius 1 is 1.10 bits per heavy atom. The number of amides is 2. The van der Waals surface area contributed by atoms with Crippen molar-refractivity contribution < 1.29 is 14.3 Å². The molecule has 0 aliphatic carbocycles. The molecule has 0 aromatic heterocycles. The van der Waals surface area contributed by atoms with Crippen LogP contribution >= 0.6 is 28.1 Å². The van der Waals surface area contributed by atoms with Crippen molar-refractivity contribution in [1.82, 2.24) is 16.2 Å². The molecule has 2 amide bonds. The van der Waals surface area contributed by atoms with E-state index in [0.717, 1.165) is 16.5 Å². The number of thiocarbonyl (C=S) groups is 1. The standard InChI is InChI=1S/C21H24BrN3O3S/c1-13(2)10-11-28-18-7-5-4-6-16(18)20(27)23-21(29)25-24-19(26)15-9-8-14(3)17(22)12-15/h4-9,12-13H,10-11H2,1-3H3,(H,24,26)(H2,23,25,27,29). The lowest BCUT2D eigenvalue weighted by Crippen LogP contribution is -2.48. The van der Waals surface area contributed by atoms with Gasteiger partial charge in [-0.3, -0.25) is 25.8 Å². The Bertz CT molecular complexity index is 902. The van der Waals surface area contributed by atoms with Gasteiger partial charge in [-0.25, -0.2) is 0 Å². The predicted octanol–water partition coefficient (Wildman–Crippen LogP) is 4.13. The zero-order valence-electron chi connectivity index (χ0n) is 16.5. The maximum absolute atomic E-state index is 12.5. The fourth-order valence-corrected chi connectivity index (χ4v) is 2.83. The normalized spacial score (nSPS) is 10.4. The molecule has 8 heteroatoms. The molecule has 154 valence electrons. The number of hydrazine groups is 1. The Kier molecular flexibility index (Phi) is 8.60. The predicted molar refractivity (Wildman–Crippen MR) is 121 cm³/mol. The first-order chi connectivity index (χ1) is 13.8. The topological polar surface area (TPSA) is 79.5 Å². The molecular formula is C21H24BrN3O3S. The molecule has 29 heavy (non-hydrogen) atoms. The van der Waals surface area contributed by atoms with Gasteiger partial charge in [-0.1, -0.05) is 48.0 Å². The number of nitrogens with one attached hydrogen (secondary N) is 3. The van der Waals surface area contributed by atoms with Gasteiger partial charge in [0.25, 0.3) is 11.8 Å². The van der Waals surface area contributed by atoms with Crippen LogP contribution in [0.5, 0.6) is 5.75 Å². The van der Waals surface area contributed by atoms with Crippen LogP contribution in [0.15, 0.2) is 46.9 Å². The van der Waals surface area contributed by atoms with E-state index in [-0.39, 0.29) is 11.0 Å². The minimum atomic E-state index is -0.421. The molecular weight excluding hydrogens is 454 g/mol. The third kappa shape index (κ3) is 7.14. The van der Waals surface area contributed by atoms with E-state index in [1.165, 1.54) is 0 Å². The van der Waals surface area contributed by atoms with Crippen LogP contribution in [-0.2, 0) is 0 Å². The molecule has 0 saturated heterocycles. The Labute approximate surface area is 184 Å². The summed E-state index contributed by atoms with van der Waals surface area (Å²) in [5.74, 6) is 0.196. The fourth-order valence-electron chi connectivity index (χ4n) is 2.31. The lowest BCUT2D eigenvalue weighted by Gasteiger charge is -2.14. The van der Waals surface area contributed by atoms with Crippen molar-refractivity contribution in [2.75, 3.05) is 6.61 Å². The number of aryl methyl sites for hydroxylation is 1. The largest absolute Gasteiger partial charge is 0.493 e. The smallest absolute Gasteiger partial charge is 0.269 e. The van der Waals surface area contributed by atoms with E-state index >= 15 is 0 Å². The molecule has 0 aliphatic heterocycles. The van der Waals surface area contributed by atoms with E-state index in [9.17, 15) is 9.59 Å². The van der Waals surface area contributed by atoms with Crippen molar-refractivity contribution in [3.63, 3.8) is 0 Å². The Morgan fingerprint density at radius 2 is 1.83 bits per heavy atom. The Hall–Kier alpha value is -2.45. The van der Waals surface area contributed by atoms with Gasteiger partial charge in [-0.2, -0.15) is 0 Å². The summed E-state index contributed by atoms with van der Waals surface area (Å²) in [5.41, 5.74) is 6.85. The molecule has 0 unspecified atom stereocenters. The summed E-state index contributed by atoms with van der Waals surface area (Å²) >= 11 is 8.49. The van der Waals surface area contributed by atoms with Gasteiger partial charge in [0.1, 0.15) is 5.75 Å². The second kappa shape index (κ2) is 10.9. The van der Waals surface area contributed by atoms with Crippen molar-refractivity contribution in [3.05, 3.63) is 63.6 Å². The minimum Gasteiger partial charge on any atom is -0.493 e. The van der Waals surface area contributed by atoms with Crippen molar-refractivity contribution in [1.29, 1.82) is 0 Å². The number of carbonyl (C=O) groups excluding carboxylic acids is 2. The first-order valence-corrected chi connectivity index (χ1v) is 10.4. The van der Waals surface area contributed by atoms with E-state index in [1.54, 1.807) is 36.4 Å². The SMILES string of the molecule is Cc1ccc(C(=O)NNC(=S)NC(=O)c2ccccc2OCCC(C)C)cc1Br. The zero-order valence-corrected chi connectivity index (χ0v) is 18.9. The van der Waals surface area contributed by atoms with Gasteiger partial charge < -0.3 is 4.74 Å². The highest BCUT2D eigenvalue weighted by Gasteiger charge is 2.14. The molecule has 0 fully saturated rings. The lowest BCUT2D eigenvalue weighted by atomic mass is 10.1. The first-order valence-electron chi connectivity index (χ1n) is 9.17.